The predicted octanol–water partition coefficient (Wildman–Crippen LogP) is -0.153. The second kappa shape index (κ2) is 6.08. The number of rotatable bonds is 8. The molecule has 1 fully saturated rings. The summed E-state index contributed by atoms with van der Waals surface area (Å²) in [4.78, 5) is 22.2. The summed E-state index contributed by atoms with van der Waals surface area (Å²) in [6, 6.07) is -0.268. The Morgan fingerprint density at radius 2 is 2.06 bits per heavy atom. The van der Waals surface area contributed by atoms with Gasteiger partial charge in [0.1, 0.15) is 23.9 Å². The van der Waals surface area contributed by atoms with Crippen molar-refractivity contribution in [1.29, 1.82) is 0 Å². The topological polar surface area (TPSA) is 70.7 Å². The van der Waals surface area contributed by atoms with Gasteiger partial charge < -0.3 is 14.8 Å². The van der Waals surface area contributed by atoms with Gasteiger partial charge in [-0.1, -0.05) is 0 Å². The first-order chi connectivity index (χ1) is 7.54. The summed E-state index contributed by atoms with van der Waals surface area (Å²) in [7, 11) is 1.86. The van der Waals surface area contributed by atoms with Crippen LogP contribution in [0.1, 0.15) is 26.7 Å². The Kier molecular flexibility index (Phi) is 5.05. The molecular formula is C11H20N2O3. The number of hydrogen-bond acceptors (Lipinski definition) is 5. The minimum atomic E-state index is -0.268. The smallest absolute Gasteiger partial charge is 0.146 e. The van der Waals surface area contributed by atoms with Gasteiger partial charge >= 0.3 is 0 Å². The summed E-state index contributed by atoms with van der Waals surface area (Å²) >= 11 is 0. The zero-order valence-corrected chi connectivity index (χ0v) is 10.1. The SMILES string of the molecule is CNCC1OC1NC(CCC(C)=O)C(C)=O. The van der Waals surface area contributed by atoms with E-state index in [2.05, 4.69) is 10.6 Å². The van der Waals surface area contributed by atoms with Crippen molar-refractivity contribution < 1.29 is 14.3 Å². The highest BCUT2D eigenvalue weighted by atomic mass is 16.6. The Morgan fingerprint density at radius 3 is 2.56 bits per heavy atom. The maximum absolute atomic E-state index is 11.3. The molecular weight excluding hydrogens is 208 g/mol. The molecule has 5 nitrogen and oxygen atoms in total. The molecule has 92 valence electrons. The van der Waals surface area contributed by atoms with Crippen molar-refractivity contribution in [2.75, 3.05) is 13.6 Å². The molecule has 0 aliphatic carbocycles. The first-order valence-corrected chi connectivity index (χ1v) is 5.60. The number of nitrogens with one attached hydrogen (secondary N) is 2. The van der Waals surface area contributed by atoms with Crippen molar-refractivity contribution in [2.45, 2.75) is 45.1 Å². The van der Waals surface area contributed by atoms with Crippen molar-refractivity contribution >= 4 is 11.6 Å². The average molecular weight is 228 g/mol. The van der Waals surface area contributed by atoms with Crippen LogP contribution in [0.15, 0.2) is 0 Å². The fourth-order valence-corrected chi connectivity index (χ4v) is 1.60. The van der Waals surface area contributed by atoms with Crippen LogP contribution in [-0.4, -0.2) is 43.5 Å². The second-order valence-corrected chi connectivity index (χ2v) is 4.22. The molecule has 1 aliphatic heterocycles. The van der Waals surface area contributed by atoms with E-state index in [1.165, 1.54) is 13.8 Å². The summed E-state index contributed by atoms with van der Waals surface area (Å²) in [5.74, 6) is 0.163. The van der Waals surface area contributed by atoms with E-state index < -0.39 is 0 Å². The van der Waals surface area contributed by atoms with Crippen LogP contribution in [0.2, 0.25) is 0 Å². The maximum atomic E-state index is 11.3. The van der Waals surface area contributed by atoms with Gasteiger partial charge in [-0.3, -0.25) is 10.1 Å². The van der Waals surface area contributed by atoms with Crippen LogP contribution in [0.25, 0.3) is 0 Å². The molecule has 1 aliphatic rings. The quantitative estimate of drug-likeness (QED) is 0.565. The van der Waals surface area contributed by atoms with E-state index in [-0.39, 0.29) is 29.9 Å². The van der Waals surface area contributed by atoms with Crippen LogP contribution < -0.4 is 10.6 Å². The Hall–Kier alpha value is -0.780. The number of Topliss-reactive ketones (excluding diaryl/α,β-unsaturated/α-hetero) is 2. The monoisotopic (exact) mass is 228 g/mol. The van der Waals surface area contributed by atoms with Gasteiger partial charge in [0.05, 0.1) is 6.04 Å². The lowest BCUT2D eigenvalue weighted by atomic mass is 10.1. The van der Waals surface area contributed by atoms with E-state index in [0.717, 1.165) is 6.54 Å². The molecule has 0 spiro atoms. The third-order valence-corrected chi connectivity index (χ3v) is 2.63. The minimum absolute atomic E-state index is 0.0479. The summed E-state index contributed by atoms with van der Waals surface area (Å²) in [6.07, 6.45) is 1.08. The van der Waals surface area contributed by atoms with E-state index in [9.17, 15) is 9.59 Å². The zero-order valence-electron chi connectivity index (χ0n) is 10.1. The van der Waals surface area contributed by atoms with Crippen molar-refractivity contribution in [3.8, 4) is 0 Å². The molecule has 0 radical (unpaired) electrons. The zero-order chi connectivity index (χ0) is 12.1. The number of carbonyl (C=O) groups excluding carboxylic acids is 2. The molecule has 0 aromatic rings. The highest BCUT2D eigenvalue weighted by molar-refractivity contribution is 5.82. The number of ketones is 2. The van der Waals surface area contributed by atoms with Crippen LogP contribution in [0, 0.1) is 0 Å². The van der Waals surface area contributed by atoms with Crippen molar-refractivity contribution in [2.24, 2.45) is 0 Å². The third-order valence-electron chi connectivity index (χ3n) is 2.63. The van der Waals surface area contributed by atoms with E-state index in [4.69, 9.17) is 4.74 Å². The normalized spacial score (nSPS) is 25.2. The maximum Gasteiger partial charge on any atom is 0.146 e. The minimum Gasteiger partial charge on any atom is -0.352 e. The lowest BCUT2D eigenvalue weighted by Gasteiger charge is -2.13. The summed E-state index contributed by atoms with van der Waals surface area (Å²) in [6.45, 7) is 3.84. The average Bonchev–Trinajstić information content (AvgIpc) is 2.91. The molecule has 5 heteroatoms. The van der Waals surface area contributed by atoms with Gasteiger partial charge in [0.2, 0.25) is 0 Å². The van der Waals surface area contributed by atoms with Gasteiger partial charge in [-0.15, -0.1) is 0 Å². The van der Waals surface area contributed by atoms with E-state index in [1.807, 2.05) is 7.05 Å². The van der Waals surface area contributed by atoms with E-state index in [0.29, 0.717) is 12.8 Å². The van der Waals surface area contributed by atoms with Crippen LogP contribution in [-0.2, 0) is 14.3 Å². The third kappa shape index (κ3) is 4.38. The Balaban J connectivity index is 2.29. The molecule has 1 rings (SSSR count). The molecule has 0 amide bonds. The van der Waals surface area contributed by atoms with Crippen molar-refractivity contribution in [1.82, 2.24) is 10.6 Å². The highest BCUT2D eigenvalue weighted by Crippen LogP contribution is 2.19. The van der Waals surface area contributed by atoms with Gasteiger partial charge in [-0.2, -0.15) is 0 Å². The first-order valence-electron chi connectivity index (χ1n) is 5.60. The van der Waals surface area contributed by atoms with E-state index >= 15 is 0 Å². The van der Waals surface area contributed by atoms with E-state index in [1.54, 1.807) is 0 Å². The Labute approximate surface area is 95.9 Å². The van der Waals surface area contributed by atoms with Gasteiger partial charge in [0.25, 0.3) is 0 Å². The van der Waals surface area contributed by atoms with Crippen molar-refractivity contribution in [3.63, 3.8) is 0 Å². The molecule has 3 atom stereocenters. The molecule has 1 saturated heterocycles. The second-order valence-electron chi connectivity index (χ2n) is 4.22. The number of ether oxygens (including phenoxy) is 1. The molecule has 0 aromatic heterocycles. The molecule has 0 bridgehead atoms. The number of epoxide rings is 1. The van der Waals surface area contributed by atoms with Gasteiger partial charge in [0, 0.05) is 13.0 Å². The summed E-state index contributed by atoms with van der Waals surface area (Å²) in [5.41, 5.74) is 0. The fourth-order valence-electron chi connectivity index (χ4n) is 1.60. The van der Waals surface area contributed by atoms with Crippen LogP contribution in [0.3, 0.4) is 0 Å². The highest BCUT2D eigenvalue weighted by Gasteiger charge is 2.39. The van der Waals surface area contributed by atoms with Crippen LogP contribution in [0.4, 0.5) is 0 Å². The predicted molar refractivity (Wildman–Crippen MR) is 60.1 cm³/mol. The van der Waals surface area contributed by atoms with Crippen LogP contribution >= 0.6 is 0 Å². The molecule has 0 aromatic carbocycles. The van der Waals surface area contributed by atoms with Crippen molar-refractivity contribution in [3.05, 3.63) is 0 Å². The first kappa shape index (κ1) is 13.3. The Bertz CT molecular complexity index is 268. The van der Waals surface area contributed by atoms with Gasteiger partial charge in [-0.05, 0) is 27.3 Å². The standard InChI is InChI=1S/C11H20N2O3/c1-7(14)4-5-9(8(2)15)13-11-10(16-11)6-12-3/h9-13H,4-6H2,1-3H3. The molecule has 1 heterocycles. The lowest BCUT2D eigenvalue weighted by molar-refractivity contribution is -0.120. The van der Waals surface area contributed by atoms with Crippen LogP contribution in [0.5, 0.6) is 0 Å². The lowest BCUT2D eigenvalue weighted by Crippen LogP contribution is -2.39. The Morgan fingerprint density at radius 1 is 1.38 bits per heavy atom. The molecule has 16 heavy (non-hydrogen) atoms. The fraction of sp³-hybridized carbons (Fsp3) is 0.818. The number of carbonyl (C=O) groups is 2. The molecule has 3 unspecified atom stereocenters. The summed E-state index contributed by atoms with van der Waals surface area (Å²) < 4.78 is 5.33. The number of likely N-dealkylation sites (N-methyl/N-ethyl adjacent to an activating group) is 1. The summed E-state index contributed by atoms with van der Waals surface area (Å²) in [5, 5.41) is 6.12. The molecule has 0 saturated carbocycles. The number of hydrogen-bond donors (Lipinski definition) is 2. The van der Waals surface area contributed by atoms with Gasteiger partial charge in [-0.25, -0.2) is 0 Å². The largest absolute Gasteiger partial charge is 0.352 e. The molecule has 2 N–H and O–H groups in total. The van der Waals surface area contributed by atoms with Gasteiger partial charge in [0.15, 0.2) is 0 Å².